The van der Waals surface area contributed by atoms with E-state index in [0.29, 0.717) is 19.4 Å². The molecule has 0 bridgehead atoms. The Kier molecular flexibility index (Phi) is 18.6. The number of nitrogens with one attached hydrogen (secondary N) is 6. The van der Waals surface area contributed by atoms with Gasteiger partial charge in [-0.15, -0.1) is 0 Å². The molecule has 0 aromatic heterocycles. The van der Waals surface area contributed by atoms with Gasteiger partial charge in [0.15, 0.2) is 0 Å². The molecule has 1 aliphatic heterocycles. The smallest absolute Gasteiger partial charge is 0.322 e. The summed E-state index contributed by atoms with van der Waals surface area (Å²) in [4.78, 5) is 114. The van der Waals surface area contributed by atoms with Crippen LogP contribution in [-0.4, -0.2) is 120 Å². The molecule has 0 aliphatic carbocycles. The highest BCUT2D eigenvalue weighted by atomic mass is 16.4. The molecule has 1 rings (SSSR count). The number of nitrogens with two attached hydrogens (primary N) is 2. The number of primary amides is 1. The van der Waals surface area contributed by atoms with Gasteiger partial charge in [-0.05, 0) is 43.4 Å². The lowest BCUT2D eigenvalue weighted by Crippen LogP contribution is -2.60. The second-order valence-corrected chi connectivity index (χ2v) is 13.6. The molecule has 288 valence electrons. The summed E-state index contributed by atoms with van der Waals surface area (Å²) in [5.41, 5.74) is 10.8. The number of carboxylic acids is 1. The lowest BCUT2D eigenvalue weighted by molar-refractivity contribution is -0.139. The first-order valence-corrected chi connectivity index (χ1v) is 17.0. The molecule has 0 unspecified atom stereocenters. The highest BCUT2D eigenvalue weighted by Gasteiger charge is 2.37. The third-order valence-electron chi connectivity index (χ3n) is 8.06. The molecule has 0 saturated carbocycles. The van der Waals surface area contributed by atoms with E-state index in [9.17, 15) is 43.2 Å². The minimum absolute atomic E-state index is 0.105. The Bertz CT molecular complexity index is 1290. The molecule has 0 aromatic carbocycles. The average molecular weight is 726 g/mol. The molecule has 0 spiro atoms. The minimum atomic E-state index is -1.29. The fraction of sp³-hybridized carbons (Fsp3) is 0.719. The van der Waals surface area contributed by atoms with E-state index >= 15 is 0 Å². The summed E-state index contributed by atoms with van der Waals surface area (Å²) in [5.74, 6) is -7.77. The second kappa shape index (κ2) is 21.4. The molecular weight excluding hydrogens is 670 g/mol. The summed E-state index contributed by atoms with van der Waals surface area (Å²) < 4.78 is 0. The largest absolute Gasteiger partial charge is 0.480 e. The topological polar surface area (TPSA) is 301 Å². The first kappa shape index (κ1) is 44.2. The zero-order valence-corrected chi connectivity index (χ0v) is 30.2. The summed E-state index contributed by atoms with van der Waals surface area (Å²) in [6, 6.07) is -5.64. The van der Waals surface area contributed by atoms with Gasteiger partial charge in [0.2, 0.25) is 47.3 Å². The van der Waals surface area contributed by atoms with Crippen molar-refractivity contribution in [1.82, 2.24) is 36.8 Å². The van der Waals surface area contributed by atoms with Gasteiger partial charge in [-0.1, -0.05) is 41.5 Å². The van der Waals surface area contributed by atoms with Crippen molar-refractivity contribution in [2.45, 2.75) is 104 Å². The lowest BCUT2D eigenvalue weighted by Gasteiger charge is -2.30. The monoisotopic (exact) mass is 725 g/mol. The Hall–Kier alpha value is -4.81. The van der Waals surface area contributed by atoms with Gasteiger partial charge < -0.3 is 53.4 Å². The molecule has 19 nitrogen and oxygen atoms in total. The van der Waals surface area contributed by atoms with E-state index in [1.54, 1.807) is 27.7 Å². The molecule has 1 heterocycles. The fourth-order valence-corrected chi connectivity index (χ4v) is 5.33. The Morgan fingerprint density at radius 2 is 1.31 bits per heavy atom. The normalized spacial score (nSPS) is 16.4. The van der Waals surface area contributed by atoms with E-state index in [1.807, 2.05) is 13.8 Å². The second-order valence-electron chi connectivity index (χ2n) is 13.6. The number of carboxylic acid groups (broad SMARTS) is 1. The van der Waals surface area contributed by atoms with Gasteiger partial charge in [0.1, 0.15) is 36.8 Å². The number of hydrogen-bond acceptors (Lipinski definition) is 10. The Morgan fingerprint density at radius 3 is 1.82 bits per heavy atom. The zero-order chi connectivity index (χ0) is 39.0. The van der Waals surface area contributed by atoms with Gasteiger partial charge in [0.05, 0.1) is 13.1 Å². The van der Waals surface area contributed by atoms with E-state index in [0.717, 1.165) is 0 Å². The van der Waals surface area contributed by atoms with Crippen LogP contribution in [0.25, 0.3) is 0 Å². The van der Waals surface area contributed by atoms with Gasteiger partial charge in [-0.2, -0.15) is 0 Å². The third-order valence-corrected chi connectivity index (χ3v) is 8.06. The first-order valence-electron chi connectivity index (χ1n) is 17.0. The van der Waals surface area contributed by atoms with Gasteiger partial charge in [0, 0.05) is 13.0 Å². The number of rotatable bonds is 21. The number of carbonyl (C=O) groups is 9. The van der Waals surface area contributed by atoms with E-state index in [2.05, 4.69) is 31.9 Å². The molecule has 51 heavy (non-hydrogen) atoms. The van der Waals surface area contributed by atoms with Gasteiger partial charge in [0.25, 0.3) is 0 Å². The molecule has 1 saturated heterocycles. The number of aliphatic carboxylic acids is 1. The van der Waals surface area contributed by atoms with Crippen molar-refractivity contribution < 1.29 is 48.3 Å². The van der Waals surface area contributed by atoms with Gasteiger partial charge in [-0.25, -0.2) is 0 Å². The van der Waals surface area contributed by atoms with Crippen LogP contribution >= 0.6 is 0 Å². The molecule has 5 atom stereocenters. The molecule has 11 N–H and O–H groups in total. The Balaban J connectivity index is 3.12. The van der Waals surface area contributed by atoms with Crippen LogP contribution in [0.3, 0.4) is 0 Å². The summed E-state index contributed by atoms with van der Waals surface area (Å²) in [7, 11) is 0. The highest BCUT2D eigenvalue weighted by molar-refractivity contribution is 5.97. The van der Waals surface area contributed by atoms with E-state index in [4.69, 9.17) is 16.6 Å². The van der Waals surface area contributed by atoms with Crippen LogP contribution in [0.1, 0.15) is 73.6 Å². The van der Waals surface area contributed by atoms with Crippen molar-refractivity contribution in [3.63, 3.8) is 0 Å². The van der Waals surface area contributed by atoms with Crippen LogP contribution < -0.4 is 43.4 Å². The van der Waals surface area contributed by atoms with Crippen LogP contribution in [0.4, 0.5) is 0 Å². The molecule has 1 aliphatic rings. The maximum absolute atomic E-state index is 13.6. The SMILES string of the molecule is CC(C)C[C@H](NC(=O)[C@H](NC(=O)[C@@H](CCC(N)=O)NC(=O)[C@H]1CCCN1C(=O)CN)C(C)C)C(=O)N[C@@H](C(=O)NCC(=O)NCC(=O)O)C(C)C. The van der Waals surface area contributed by atoms with E-state index in [1.165, 1.54) is 4.90 Å². The van der Waals surface area contributed by atoms with Crippen LogP contribution in [0.5, 0.6) is 0 Å². The predicted molar refractivity (Wildman–Crippen MR) is 183 cm³/mol. The van der Waals surface area contributed by atoms with Crippen molar-refractivity contribution >= 4 is 53.2 Å². The average Bonchev–Trinajstić information content (AvgIpc) is 3.54. The third kappa shape index (κ3) is 15.3. The molecule has 19 heteroatoms. The van der Waals surface area contributed by atoms with Crippen LogP contribution in [0, 0.1) is 17.8 Å². The number of likely N-dealkylation sites (tertiary alicyclic amines) is 1. The van der Waals surface area contributed by atoms with Crippen LogP contribution in [0.2, 0.25) is 0 Å². The maximum Gasteiger partial charge on any atom is 0.322 e. The van der Waals surface area contributed by atoms with Crippen molar-refractivity contribution in [2.75, 3.05) is 26.2 Å². The number of amides is 8. The molecule has 0 aromatic rings. The zero-order valence-electron chi connectivity index (χ0n) is 30.2. The summed E-state index contributed by atoms with van der Waals surface area (Å²) >= 11 is 0. The van der Waals surface area contributed by atoms with Gasteiger partial charge in [-0.3, -0.25) is 43.2 Å². The van der Waals surface area contributed by atoms with Crippen molar-refractivity contribution in [3.05, 3.63) is 0 Å². The Morgan fingerprint density at radius 1 is 0.745 bits per heavy atom. The summed E-state index contributed by atoms with van der Waals surface area (Å²) in [6.07, 6.45) is 0.601. The first-order chi connectivity index (χ1) is 23.8. The number of hydrogen-bond donors (Lipinski definition) is 9. The maximum atomic E-state index is 13.6. The predicted octanol–water partition coefficient (Wildman–Crippen LogP) is -3.18. The minimum Gasteiger partial charge on any atom is -0.480 e. The molecule has 0 radical (unpaired) electrons. The lowest BCUT2D eigenvalue weighted by atomic mass is 9.98. The standard InChI is InChI=1S/C32H55N9O10/c1-16(2)12-20(29(48)39-26(17(3)4)31(50)36-14-23(43)35-15-25(45)46)38-32(51)27(18(5)6)40-28(47)19(9-10-22(34)42)37-30(49)21-8-7-11-41(21)24(44)13-33/h16-21,26-27H,7-15,33H2,1-6H3,(H2,34,42)(H,35,43)(H,36,50)(H,37,49)(H,38,51)(H,39,48)(H,40,47)(H,45,46)/t19-,20+,21-,26-,27-/m1/s1. The highest BCUT2D eigenvalue weighted by Crippen LogP contribution is 2.18. The summed E-state index contributed by atoms with van der Waals surface area (Å²) in [5, 5.41) is 23.6. The van der Waals surface area contributed by atoms with E-state index < -0.39 is 108 Å². The molecule has 1 fully saturated rings. The molecule has 8 amide bonds. The van der Waals surface area contributed by atoms with E-state index in [-0.39, 0.29) is 31.7 Å². The molecular formula is C32H55N9O10. The van der Waals surface area contributed by atoms with Crippen molar-refractivity contribution in [3.8, 4) is 0 Å². The quantitative estimate of drug-likeness (QED) is 0.0568. The fourth-order valence-electron chi connectivity index (χ4n) is 5.33. The summed E-state index contributed by atoms with van der Waals surface area (Å²) in [6.45, 7) is 9.11. The Labute approximate surface area is 297 Å². The van der Waals surface area contributed by atoms with Crippen LogP contribution in [-0.2, 0) is 43.2 Å². The van der Waals surface area contributed by atoms with Gasteiger partial charge >= 0.3 is 5.97 Å². The number of carbonyl (C=O) groups excluding carboxylic acids is 8. The number of nitrogens with zero attached hydrogens (tertiary/aromatic N) is 1. The van der Waals surface area contributed by atoms with Crippen molar-refractivity contribution in [2.24, 2.45) is 29.2 Å². The van der Waals surface area contributed by atoms with Crippen LogP contribution in [0.15, 0.2) is 0 Å². The van der Waals surface area contributed by atoms with Crippen molar-refractivity contribution in [1.29, 1.82) is 0 Å².